The molecule has 0 bridgehead atoms. The minimum atomic E-state index is -0.981. The number of hydrogen-bond acceptors (Lipinski definition) is 5. The van der Waals surface area contributed by atoms with E-state index in [4.69, 9.17) is 0 Å². The minimum Gasteiger partial charge on any atom is -0.478 e. The van der Waals surface area contributed by atoms with Crippen LogP contribution >= 0.6 is 0 Å². The molecule has 7 nitrogen and oxygen atoms in total. The van der Waals surface area contributed by atoms with E-state index in [1.54, 1.807) is 6.20 Å². The summed E-state index contributed by atoms with van der Waals surface area (Å²) in [5.41, 5.74) is 2.61. The lowest BCUT2D eigenvalue weighted by Gasteiger charge is -2.08. The van der Waals surface area contributed by atoms with Crippen molar-refractivity contribution in [2.75, 3.05) is 0 Å². The number of rotatable bonds is 11. The number of aryl methyl sites for hydroxylation is 1. The van der Waals surface area contributed by atoms with Crippen LogP contribution in [0.2, 0.25) is 0 Å². The molecule has 2 heterocycles. The summed E-state index contributed by atoms with van der Waals surface area (Å²) in [6.07, 6.45) is 8.02. The van der Waals surface area contributed by atoms with Crippen LogP contribution in [0.4, 0.5) is 0 Å². The molecule has 0 saturated carbocycles. The number of unbranched alkanes of at least 4 members (excludes halogenated alkanes) is 2. The van der Waals surface area contributed by atoms with Gasteiger partial charge in [-0.1, -0.05) is 51.0 Å². The topological polar surface area (TPSA) is 98.0 Å². The zero-order valence-electron chi connectivity index (χ0n) is 18.0. The predicted octanol–water partition coefficient (Wildman–Crippen LogP) is 4.80. The first-order chi connectivity index (χ1) is 15.0. The van der Waals surface area contributed by atoms with E-state index in [2.05, 4.69) is 22.0 Å². The normalized spacial score (nSPS) is 10.9. The summed E-state index contributed by atoms with van der Waals surface area (Å²) < 4.78 is 1.86. The van der Waals surface area contributed by atoms with Crippen LogP contribution < -0.4 is 0 Å². The molecule has 3 rings (SSSR count). The second-order valence-corrected chi connectivity index (χ2v) is 7.56. The summed E-state index contributed by atoms with van der Waals surface area (Å²) in [6.45, 7) is 4.86. The van der Waals surface area contributed by atoms with Gasteiger partial charge in [0.1, 0.15) is 5.82 Å². The van der Waals surface area contributed by atoms with Gasteiger partial charge in [0, 0.05) is 37.3 Å². The van der Waals surface area contributed by atoms with Crippen LogP contribution in [0.15, 0.2) is 42.7 Å². The molecule has 0 amide bonds. The van der Waals surface area contributed by atoms with Crippen molar-refractivity contribution in [1.29, 1.82) is 0 Å². The highest BCUT2D eigenvalue weighted by atomic mass is 16.4. The molecule has 0 saturated heterocycles. The Kier molecular flexibility index (Phi) is 7.65. The number of pyridine rings is 1. The Balaban J connectivity index is 1.83. The van der Waals surface area contributed by atoms with E-state index in [1.807, 2.05) is 35.9 Å². The van der Waals surface area contributed by atoms with Crippen LogP contribution in [-0.2, 0) is 13.0 Å². The maximum Gasteiger partial charge on any atom is 0.336 e. The van der Waals surface area contributed by atoms with Gasteiger partial charge in [0.25, 0.3) is 0 Å². The van der Waals surface area contributed by atoms with E-state index in [-0.39, 0.29) is 11.3 Å². The summed E-state index contributed by atoms with van der Waals surface area (Å²) in [5.74, 6) is 0.0689. The number of Topliss-reactive ketones (excluding diaryl/α,β-unsaturated/α-hetero) is 1. The SMILES string of the molecule is CCCCCn1nc(C(=O)CCC)nc1Cc1ccc(-c2cnccc2C(=O)O)cc1. The van der Waals surface area contributed by atoms with Crippen molar-refractivity contribution in [2.24, 2.45) is 0 Å². The summed E-state index contributed by atoms with van der Waals surface area (Å²) in [5, 5.41) is 13.9. The molecule has 7 heteroatoms. The third-order valence-electron chi connectivity index (χ3n) is 5.13. The first-order valence-electron chi connectivity index (χ1n) is 10.8. The van der Waals surface area contributed by atoms with Crippen molar-refractivity contribution in [3.63, 3.8) is 0 Å². The van der Waals surface area contributed by atoms with Gasteiger partial charge in [0.2, 0.25) is 11.6 Å². The lowest BCUT2D eigenvalue weighted by Crippen LogP contribution is -2.07. The van der Waals surface area contributed by atoms with Crippen molar-refractivity contribution in [1.82, 2.24) is 19.7 Å². The van der Waals surface area contributed by atoms with E-state index >= 15 is 0 Å². The summed E-state index contributed by atoms with van der Waals surface area (Å²) >= 11 is 0. The van der Waals surface area contributed by atoms with Crippen LogP contribution in [0.5, 0.6) is 0 Å². The van der Waals surface area contributed by atoms with Crippen molar-refractivity contribution in [3.8, 4) is 11.1 Å². The summed E-state index contributed by atoms with van der Waals surface area (Å²) in [6, 6.07) is 9.18. The zero-order chi connectivity index (χ0) is 22.2. The Hall–Kier alpha value is -3.35. The molecule has 0 aliphatic heterocycles. The number of aromatic nitrogens is 4. The van der Waals surface area contributed by atoms with Gasteiger partial charge in [-0.05, 0) is 30.0 Å². The van der Waals surface area contributed by atoms with E-state index in [9.17, 15) is 14.7 Å². The fraction of sp³-hybridized carbons (Fsp3) is 0.375. The van der Waals surface area contributed by atoms with Gasteiger partial charge >= 0.3 is 5.97 Å². The average molecular weight is 421 g/mol. The first kappa shape index (κ1) is 22.3. The van der Waals surface area contributed by atoms with Gasteiger partial charge in [-0.2, -0.15) is 0 Å². The van der Waals surface area contributed by atoms with E-state index < -0.39 is 5.97 Å². The van der Waals surface area contributed by atoms with E-state index in [1.165, 1.54) is 12.3 Å². The molecule has 0 atom stereocenters. The number of ketones is 1. The van der Waals surface area contributed by atoms with Gasteiger partial charge in [0.05, 0.1) is 5.56 Å². The molecule has 162 valence electrons. The third kappa shape index (κ3) is 5.63. The van der Waals surface area contributed by atoms with Gasteiger partial charge in [-0.15, -0.1) is 5.10 Å². The van der Waals surface area contributed by atoms with Crippen molar-refractivity contribution < 1.29 is 14.7 Å². The lowest BCUT2D eigenvalue weighted by atomic mass is 10.00. The fourth-order valence-electron chi connectivity index (χ4n) is 3.45. The first-order valence-corrected chi connectivity index (χ1v) is 10.8. The smallest absolute Gasteiger partial charge is 0.336 e. The predicted molar refractivity (Wildman–Crippen MR) is 118 cm³/mol. The molecule has 0 spiro atoms. The van der Waals surface area contributed by atoms with Gasteiger partial charge in [-0.3, -0.25) is 9.78 Å². The van der Waals surface area contributed by atoms with E-state index in [0.29, 0.717) is 24.2 Å². The fourth-order valence-corrected chi connectivity index (χ4v) is 3.45. The maximum atomic E-state index is 12.3. The molecule has 31 heavy (non-hydrogen) atoms. The number of aromatic carboxylic acids is 1. The van der Waals surface area contributed by atoms with Crippen LogP contribution in [0.1, 0.15) is 78.3 Å². The van der Waals surface area contributed by atoms with Gasteiger partial charge in [0.15, 0.2) is 0 Å². The number of carbonyl (C=O) groups is 2. The van der Waals surface area contributed by atoms with E-state index in [0.717, 1.165) is 49.2 Å². The number of hydrogen-bond donors (Lipinski definition) is 1. The van der Waals surface area contributed by atoms with Gasteiger partial charge < -0.3 is 5.11 Å². The van der Waals surface area contributed by atoms with Crippen LogP contribution in [0.3, 0.4) is 0 Å². The standard InChI is InChI=1S/C24H28N4O3/c1-3-5-6-14-28-22(26-23(27-28)21(29)7-4-2)15-17-8-10-18(11-9-17)20-16-25-13-12-19(20)24(30)31/h8-13,16H,3-7,14-15H2,1-2H3,(H,30,31). The molecule has 3 aromatic rings. The van der Waals surface area contributed by atoms with Crippen molar-refractivity contribution in [3.05, 3.63) is 65.5 Å². The molecule has 0 aliphatic rings. The molecule has 0 radical (unpaired) electrons. The highest BCUT2D eigenvalue weighted by Crippen LogP contribution is 2.24. The Morgan fingerprint density at radius 3 is 2.48 bits per heavy atom. The Morgan fingerprint density at radius 2 is 1.81 bits per heavy atom. The van der Waals surface area contributed by atoms with Crippen molar-refractivity contribution >= 4 is 11.8 Å². The number of carboxylic acids is 1. The number of benzene rings is 1. The van der Waals surface area contributed by atoms with Crippen molar-refractivity contribution in [2.45, 2.75) is 58.9 Å². The molecule has 1 aromatic carbocycles. The Bertz CT molecular complexity index is 1040. The van der Waals surface area contributed by atoms with Crippen LogP contribution in [-0.4, -0.2) is 36.6 Å². The number of carboxylic acid groups (broad SMARTS) is 1. The van der Waals surface area contributed by atoms with Gasteiger partial charge in [-0.25, -0.2) is 14.5 Å². The second-order valence-electron chi connectivity index (χ2n) is 7.56. The largest absolute Gasteiger partial charge is 0.478 e. The maximum absolute atomic E-state index is 12.3. The molecule has 2 aromatic heterocycles. The molecular formula is C24H28N4O3. The van der Waals surface area contributed by atoms with Crippen LogP contribution in [0, 0.1) is 0 Å². The quantitative estimate of drug-likeness (QED) is 0.353. The Morgan fingerprint density at radius 1 is 1.03 bits per heavy atom. The molecule has 1 N–H and O–H groups in total. The zero-order valence-corrected chi connectivity index (χ0v) is 18.0. The number of carbonyl (C=O) groups excluding carboxylic acids is 1. The third-order valence-corrected chi connectivity index (χ3v) is 5.13. The monoisotopic (exact) mass is 420 g/mol. The summed E-state index contributed by atoms with van der Waals surface area (Å²) in [7, 11) is 0. The molecular weight excluding hydrogens is 392 g/mol. The highest BCUT2D eigenvalue weighted by molar-refractivity contribution is 5.95. The average Bonchev–Trinajstić information content (AvgIpc) is 3.17. The molecule has 0 aliphatic carbocycles. The summed E-state index contributed by atoms with van der Waals surface area (Å²) in [4.78, 5) is 32.4. The molecule has 0 fully saturated rings. The van der Waals surface area contributed by atoms with Crippen LogP contribution in [0.25, 0.3) is 11.1 Å². The Labute approximate surface area is 182 Å². The highest BCUT2D eigenvalue weighted by Gasteiger charge is 2.16. The second kappa shape index (κ2) is 10.6. The lowest BCUT2D eigenvalue weighted by molar-refractivity contribution is 0.0697. The minimum absolute atomic E-state index is 0.0221. The molecule has 0 unspecified atom stereocenters. The number of nitrogens with zero attached hydrogens (tertiary/aromatic N) is 4.